The third kappa shape index (κ3) is 3.24. The lowest BCUT2D eigenvalue weighted by Gasteiger charge is -2.23. The average molecular weight is 301 g/mol. The SMILES string of the molecule is CN1CCC(=O)Nc2cc(C(=O)NC3CCCCC3)ccc21. The molecule has 1 aliphatic heterocycles. The number of amides is 2. The molecule has 0 atom stereocenters. The quantitative estimate of drug-likeness (QED) is 0.882. The number of hydrogen-bond acceptors (Lipinski definition) is 3. The molecule has 0 unspecified atom stereocenters. The largest absolute Gasteiger partial charge is 0.372 e. The summed E-state index contributed by atoms with van der Waals surface area (Å²) in [4.78, 5) is 26.2. The van der Waals surface area contributed by atoms with E-state index >= 15 is 0 Å². The minimum atomic E-state index is -0.0455. The van der Waals surface area contributed by atoms with Gasteiger partial charge in [-0.25, -0.2) is 0 Å². The van der Waals surface area contributed by atoms with Crippen molar-refractivity contribution in [3.8, 4) is 0 Å². The molecule has 2 amide bonds. The molecule has 118 valence electrons. The van der Waals surface area contributed by atoms with Gasteiger partial charge in [0.2, 0.25) is 5.91 Å². The van der Waals surface area contributed by atoms with Gasteiger partial charge >= 0.3 is 0 Å². The average Bonchev–Trinajstić information content (AvgIpc) is 2.67. The molecular formula is C17H23N3O2. The van der Waals surface area contributed by atoms with Crippen LogP contribution in [0.2, 0.25) is 0 Å². The monoisotopic (exact) mass is 301 g/mol. The van der Waals surface area contributed by atoms with E-state index in [1.807, 2.05) is 24.1 Å². The maximum atomic E-state index is 12.4. The first-order chi connectivity index (χ1) is 10.6. The lowest BCUT2D eigenvalue weighted by Crippen LogP contribution is -2.36. The third-order valence-electron chi connectivity index (χ3n) is 4.56. The Bertz CT molecular complexity index is 579. The normalized spacial score (nSPS) is 19.1. The molecule has 0 aromatic heterocycles. The smallest absolute Gasteiger partial charge is 0.251 e. The van der Waals surface area contributed by atoms with Gasteiger partial charge in [-0.1, -0.05) is 19.3 Å². The Kier molecular flexibility index (Phi) is 4.32. The van der Waals surface area contributed by atoms with Crippen LogP contribution in [-0.2, 0) is 4.79 Å². The minimum absolute atomic E-state index is 0.00422. The zero-order valence-corrected chi connectivity index (χ0v) is 13.0. The number of carbonyl (C=O) groups is 2. The molecule has 1 fully saturated rings. The van der Waals surface area contributed by atoms with Crippen LogP contribution in [0.15, 0.2) is 18.2 Å². The fraction of sp³-hybridized carbons (Fsp3) is 0.529. The van der Waals surface area contributed by atoms with E-state index in [-0.39, 0.29) is 17.9 Å². The summed E-state index contributed by atoms with van der Waals surface area (Å²) in [5.74, 6) is -0.0497. The molecule has 1 saturated carbocycles. The van der Waals surface area contributed by atoms with Crippen molar-refractivity contribution in [1.82, 2.24) is 5.32 Å². The number of benzene rings is 1. The first kappa shape index (κ1) is 14.9. The second-order valence-electron chi connectivity index (χ2n) is 6.26. The molecule has 3 rings (SSSR count). The van der Waals surface area contributed by atoms with Crippen LogP contribution in [0.1, 0.15) is 48.9 Å². The van der Waals surface area contributed by atoms with E-state index < -0.39 is 0 Å². The van der Waals surface area contributed by atoms with Gasteiger partial charge in [-0.05, 0) is 31.0 Å². The van der Waals surface area contributed by atoms with Crippen molar-refractivity contribution < 1.29 is 9.59 Å². The molecule has 0 bridgehead atoms. The van der Waals surface area contributed by atoms with Crippen molar-refractivity contribution in [3.63, 3.8) is 0 Å². The number of nitrogens with one attached hydrogen (secondary N) is 2. The van der Waals surface area contributed by atoms with Crippen LogP contribution in [0.5, 0.6) is 0 Å². The maximum absolute atomic E-state index is 12.4. The van der Waals surface area contributed by atoms with Crippen LogP contribution in [0.3, 0.4) is 0 Å². The van der Waals surface area contributed by atoms with Gasteiger partial charge in [0.1, 0.15) is 0 Å². The van der Waals surface area contributed by atoms with E-state index in [1.165, 1.54) is 19.3 Å². The van der Waals surface area contributed by atoms with Gasteiger partial charge in [0.05, 0.1) is 11.4 Å². The number of hydrogen-bond donors (Lipinski definition) is 2. The molecule has 0 saturated heterocycles. The van der Waals surface area contributed by atoms with Gasteiger partial charge in [-0.15, -0.1) is 0 Å². The number of rotatable bonds is 2. The van der Waals surface area contributed by atoms with E-state index in [0.717, 1.165) is 24.2 Å². The summed E-state index contributed by atoms with van der Waals surface area (Å²) in [5, 5.41) is 6.01. The van der Waals surface area contributed by atoms with Crippen LogP contribution in [0, 0.1) is 0 Å². The fourth-order valence-corrected chi connectivity index (χ4v) is 3.23. The van der Waals surface area contributed by atoms with Crippen LogP contribution < -0.4 is 15.5 Å². The van der Waals surface area contributed by atoms with Gasteiger partial charge in [-0.2, -0.15) is 0 Å². The topological polar surface area (TPSA) is 61.4 Å². The Morgan fingerprint density at radius 3 is 2.82 bits per heavy atom. The molecule has 22 heavy (non-hydrogen) atoms. The Labute approximate surface area is 131 Å². The second-order valence-corrected chi connectivity index (χ2v) is 6.26. The van der Waals surface area contributed by atoms with Gasteiger partial charge in [0, 0.05) is 31.6 Å². The summed E-state index contributed by atoms with van der Waals surface area (Å²) in [6.45, 7) is 0.687. The minimum Gasteiger partial charge on any atom is -0.372 e. The molecule has 5 nitrogen and oxygen atoms in total. The summed E-state index contributed by atoms with van der Waals surface area (Å²) in [6.07, 6.45) is 6.25. The van der Waals surface area contributed by atoms with Gasteiger partial charge in [0.15, 0.2) is 0 Å². The summed E-state index contributed by atoms with van der Waals surface area (Å²) in [6, 6.07) is 5.83. The van der Waals surface area contributed by atoms with Gasteiger partial charge < -0.3 is 15.5 Å². The van der Waals surface area contributed by atoms with Crippen molar-refractivity contribution in [2.75, 3.05) is 23.8 Å². The molecule has 2 N–H and O–H groups in total. The predicted octanol–water partition coefficient (Wildman–Crippen LogP) is 2.53. The number of nitrogens with zero attached hydrogens (tertiary/aromatic N) is 1. The van der Waals surface area contributed by atoms with Crippen LogP contribution in [-0.4, -0.2) is 31.4 Å². The molecule has 0 radical (unpaired) electrons. The van der Waals surface area contributed by atoms with Crippen LogP contribution in [0.25, 0.3) is 0 Å². The summed E-state index contributed by atoms with van der Waals surface area (Å²) in [5.41, 5.74) is 2.29. The van der Waals surface area contributed by atoms with Crippen molar-refractivity contribution in [3.05, 3.63) is 23.8 Å². The standard InChI is InChI=1S/C17H23N3O2/c1-20-10-9-16(21)19-14-11-12(7-8-15(14)20)17(22)18-13-5-3-2-4-6-13/h7-8,11,13H,2-6,9-10H2,1H3,(H,18,22)(H,19,21). The zero-order valence-electron chi connectivity index (χ0n) is 13.0. The van der Waals surface area contributed by atoms with E-state index in [0.29, 0.717) is 18.5 Å². The number of carbonyl (C=O) groups excluding carboxylic acids is 2. The highest BCUT2D eigenvalue weighted by Crippen LogP contribution is 2.29. The summed E-state index contributed by atoms with van der Waals surface area (Å²) < 4.78 is 0. The zero-order chi connectivity index (χ0) is 15.5. The molecule has 1 aromatic carbocycles. The number of anilines is 2. The highest BCUT2D eigenvalue weighted by molar-refractivity contribution is 6.01. The summed E-state index contributed by atoms with van der Waals surface area (Å²) >= 11 is 0. The highest BCUT2D eigenvalue weighted by atomic mass is 16.2. The second kappa shape index (κ2) is 6.38. The van der Waals surface area contributed by atoms with E-state index in [1.54, 1.807) is 6.07 Å². The molecule has 2 aliphatic rings. The Balaban J connectivity index is 1.77. The van der Waals surface area contributed by atoms with Crippen LogP contribution in [0.4, 0.5) is 11.4 Å². The summed E-state index contributed by atoms with van der Waals surface area (Å²) in [7, 11) is 1.96. The fourth-order valence-electron chi connectivity index (χ4n) is 3.23. The first-order valence-corrected chi connectivity index (χ1v) is 8.09. The number of fused-ring (bicyclic) bond motifs is 1. The van der Waals surface area contributed by atoms with Gasteiger partial charge in [0.25, 0.3) is 5.91 Å². The predicted molar refractivity (Wildman–Crippen MR) is 87.3 cm³/mol. The van der Waals surface area contributed by atoms with Gasteiger partial charge in [-0.3, -0.25) is 9.59 Å². The van der Waals surface area contributed by atoms with E-state index in [2.05, 4.69) is 10.6 Å². The molecule has 1 aliphatic carbocycles. The van der Waals surface area contributed by atoms with Crippen molar-refractivity contribution in [1.29, 1.82) is 0 Å². The highest BCUT2D eigenvalue weighted by Gasteiger charge is 2.20. The van der Waals surface area contributed by atoms with Crippen LogP contribution >= 0.6 is 0 Å². The first-order valence-electron chi connectivity index (χ1n) is 8.09. The van der Waals surface area contributed by atoms with Crippen molar-refractivity contribution >= 4 is 23.2 Å². The lowest BCUT2D eigenvalue weighted by atomic mass is 9.95. The lowest BCUT2D eigenvalue weighted by molar-refractivity contribution is -0.115. The Hall–Kier alpha value is -2.04. The van der Waals surface area contributed by atoms with E-state index in [4.69, 9.17) is 0 Å². The Morgan fingerprint density at radius 1 is 1.27 bits per heavy atom. The van der Waals surface area contributed by atoms with Crippen molar-refractivity contribution in [2.24, 2.45) is 0 Å². The Morgan fingerprint density at radius 2 is 2.05 bits per heavy atom. The van der Waals surface area contributed by atoms with Crippen molar-refractivity contribution in [2.45, 2.75) is 44.6 Å². The van der Waals surface area contributed by atoms with E-state index in [9.17, 15) is 9.59 Å². The molecular weight excluding hydrogens is 278 g/mol. The molecule has 1 heterocycles. The third-order valence-corrected chi connectivity index (χ3v) is 4.56. The molecule has 0 spiro atoms. The molecule has 1 aromatic rings. The maximum Gasteiger partial charge on any atom is 0.251 e. The molecule has 5 heteroatoms.